The summed E-state index contributed by atoms with van der Waals surface area (Å²) < 4.78 is 41.4. The topological polar surface area (TPSA) is 86.6 Å². The van der Waals surface area contributed by atoms with Gasteiger partial charge in [-0.1, -0.05) is 17.4 Å². The molecule has 7 nitrogen and oxygen atoms in total. The van der Waals surface area contributed by atoms with E-state index >= 15 is 0 Å². The summed E-state index contributed by atoms with van der Waals surface area (Å²) in [6.07, 6.45) is 0. The normalized spacial score (nSPS) is 15.0. The van der Waals surface area contributed by atoms with Gasteiger partial charge in [-0.2, -0.15) is 0 Å². The zero-order valence-corrected chi connectivity index (χ0v) is 16.4. The van der Waals surface area contributed by atoms with Crippen LogP contribution in [0.2, 0.25) is 0 Å². The Hall–Kier alpha value is -2.36. The Balaban J connectivity index is 1.62. The lowest BCUT2D eigenvalue weighted by Crippen LogP contribution is -2.27. The molecule has 0 spiro atoms. The number of sulfonamides is 1. The van der Waals surface area contributed by atoms with Crippen molar-refractivity contribution in [3.63, 3.8) is 0 Å². The Morgan fingerprint density at radius 1 is 1.11 bits per heavy atom. The number of thiazole rings is 1. The minimum atomic E-state index is -3.75. The van der Waals surface area contributed by atoms with E-state index in [0.717, 1.165) is 16.9 Å². The van der Waals surface area contributed by atoms with E-state index in [-0.39, 0.29) is 9.77 Å². The van der Waals surface area contributed by atoms with Crippen molar-refractivity contribution in [1.29, 1.82) is 0 Å². The van der Waals surface area contributed by atoms with E-state index in [1.54, 1.807) is 32.2 Å². The van der Waals surface area contributed by atoms with Crippen molar-refractivity contribution in [1.82, 2.24) is 9.29 Å². The average Bonchev–Trinajstić information content (AvgIpc) is 2.94. The minimum absolute atomic E-state index is 0.126. The molecule has 142 valence electrons. The van der Waals surface area contributed by atoms with Crippen LogP contribution in [0.4, 0.5) is 0 Å². The van der Waals surface area contributed by atoms with Crippen LogP contribution in [0, 0.1) is 0 Å². The Morgan fingerprint density at radius 2 is 1.85 bits per heavy atom. The second-order valence-corrected chi connectivity index (χ2v) is 9.01. The lowest BCUT2D eigenvalue weighted by atomic mass is 10.1. The second kappa shape index (κ2) is 6.66. The number of nitrogens with one attached hydrogen (secondary N) is 1. The van der Waals surface area contributed by atoms with E-state index in [9.17, 15) is 13.2 Å². The highest BCUT2D eigenvalue weighted by atomic mass is 32.2. The smallest absolute Gasteiger partial charge is 0.307 e. The molecule has 1 atom stereocenters. The van der Waals surface area contributed by atoms with E-state index < -0.39 is 16.1 Å². The van der Waals surface area contributed by atoms with Gasteiger partial charge in [0.2, 0.25) is 10.0 Å². The number of rotatable bonds is 4. The number of fused-ring (bicyclic) bond motifs is 2. The third-order valence-corrected chi connectivity index (χ3v) is 7.01. The van der Waals surface area contributed by atoms with Crippen molar-refractivity contribution >= 4 is 31.6 Å². The first-order valence-electron chi connectivity index (χ1n) is 8.36. The number of nitrogens with zero attached hydrogens (tertiary/aromatic N) is 1. The van der Waals surface area contributed by atoms with E-state index in [4.69, 9.17) is 9.47 Å². The molecule has 2 aromatic carbocycles. The molecule has 27 heavy (non-hydrogen) atoms. The first kappa shape index (κ1) is 18.0. The number of ether oxygens (including phenoxy) is 2. The fourth-order valence-electron chi connectivity index (χ4n) is 2.98. The minimum Gasteiger partial charge on any atom is -0.486 e. The number of hydrogen-bond acceptors (Lipinski definition) is 6. The molecule has 1 aliphatic heterocycles. The largest absolute Gasteiger partial charge is 0.486 e. The van der Waals surface area contributed by atoms with Crippen molar-refractivity contribution in [3.05, 3.63) is 51.6 Å². The van der Waals surface area contributed by atoms with Gasteiger partial charge in [-0.3, -0.25) is 4.79 Å². The molecular formula is C18H18N2O5S2. The molecule has 0 radical (unpaired) electrons. The van der Waals surface area contributed by atoms with Crippen LogP contribution in [0.3, 0.4) is 0 Å². The van der Waals surface area contributed by atoms with Gasteiger partial charge in [-0.15, -0.1) is 0 Å². The van der Waals surface area contributed by atoms with Crippen molar-refractivity contribution < 1.29 is 17.9 Å². The Morgan fingerprint density at radius 3 is 2.63 bits per heavy atom. The molecule has 0 amide bonds. The van der Waals surface area contributed by atoms with Crippen LogP contribution in [-0.4, -0.2) is 26.2 Å². The molecule has 4 rings (SSSR count). The van der Waals surface area contributed by atoms with E-state index in [2.05, 4.69) is 4.72 Å². The number of aryl methyl sites for hydroxylation is 1. The van der Waals surface area contributed by atoms with Crippen molar-refractivity contribution in [2.24, 2.45) is 7.05 Å². The van der Waals surface area contributed by atoms with Crippen LogP contribution in [0.25, 0.3) is 10.2 Å². The third-order valence-electron chi connectivity index (χ3n) is 4.47. The maximum atomic E-state index is 12.8. The third kappa shape index (κ3) is 3.33. The maximum absolute atomic E-state index is 12.8. The molecule has 0 aliphatic carbocycles. The second-order valence-electron chi connectivity index (χ2n) is 6.30. The maximum Gasteiger partial charge on any atom is 0.307 e. The summed E-state index contributed by atoms with van der Waals surface area (Å²) in [5, 5.41) is 0. The summed E-state index contributed by atoms with van der Waals surface area (Å²) >= 11 is 1.02. The van der Waals surface area contributed by atoms with Crippen molar-refractivity contribution in [2.45, 2.75) is 17.9 Å². The Labute approximate surface area is 160 Å². The lowest BCUT2D eigenvalue weighted by molar-refractivity contribution is 0.171. The molecule has 1 N–H and O–H groups in total. The van der Waals surface area contributed by atoms with Crippen LogP contribution in [0.5, 0.6) is 11.5 Å². The van der Waals surface area contributed by atoms with E-state index in [1.807, 2.05) is 6.07 Å². The Kier molecular flexibility index (Phi) is 4.45. The molecule has 9 heteroatoms. The molecule has 0 saturated carbocycles. The highest BCUT2D eigenvalue weighted by Crippen LogP contribution is 2.33. The van der Waals surface area contributed by atoms with Gasteiger partial charge < -0.3 is 14.0 Å². The first-order chi connectivity index (χ1) is 12.8. The fraction of sp³-hybridized carbons (Fsp3) is 0.278. The van der Waals surface area contributed by atoms with Crippen LogP contribution < -0.4 is 19.1 Å². The molecular weight excluding hydrogens is 388 g/mol. The summed E-state index contributed by atoms with van der Waals surface area (Å²) in [5.41, 5.74) is 1.48. The van der Waals surface area contributed by atoms with Crippen molar-refractivity contribution in [2.75, 3.05) is 13.2 Å². The zero-order chi connectivity index (χ0) is 19.2. The summed E-state index contributed by atoms with van der Waals surface area (Å²) in [4.78, 5) is 11.8. The predicted molar refractivity (Wildman–Crippen MR) is 103 cm³/mol. The zero-order valence-electron chi connectivity index (χ0n) is 14.8. The number of hydrogen-bond donors (Lipinski definition) is 1. The summed E-state index contributed by atoms with van der Waals surface area (Å²) in [6, 6.07) is 9.60. The number of benzene rings is 2. The Bertz CT molecular complexity index is 1180. The molecule has 0 bridgehead atoms. The van der Waals surface area contributed by atoms with Crippen LogP contribution in [0.15, 0.2) is 46.1 Å². The SMILES string of the molecule is CC(NS(=O)(=O)c1ccc2c(c1)sc(=O)n2C)c1ccc2c(c1)OCCO2. The number of aromatic nitrogens is 1. The summed E-state index contributed by atoms with van der Waals surface area (Å²) in [6.45, 7) is 2.74. The summed E-state index contributed by atoms with van der Waals surface area (Å²) in [5.74, 6) is 1.27. The molecule has 3 aromatic rings. The van der Waals surface area contributed by atoms with Gasteiger partial charge >= 0.3 is 4.87 Å². The van der Waals surface area contributed by atoms with Crippen LogP contribution >= 0.6 is 11.3 Å². The molecule has 2 heterocycles. The molecule has 1 aliphatic rings. The molecule has 0 fully saturated rings. The van der Waals surface area contributed by atoms with Gasteiger partial charge in [0, 0.05) is 13.1 Å². The summed E-state index contributed by atoms with van der Waals surface area (Å²) in [7, 11) is -2.09. The molecule has 1 aromatic heterocycles. The van der Waals surface area contributed by atoms with Gasteiger partial charge in [-0.05, 0) is 42.8 Å². The van der Waals surface area contributed by atoms with Gasteiger partial charge in [0.15, 0.2) is 11.5 Å². The van der Waals surface area contributed by atoms with Crippen LogP contribution in [0.1, 0.15) is 18.5 Å². The highest BCUT2D eigenvalue weighted by Gasteiger charge is 2.21. The van der Waals surface area contributed by atoms with E-state index in [0.29, 0.717) is 34.9 Å². The van der Waals surface area contributed by atoms with Gasteiger partial charge in [-0.25, -0.2) is 13.1 Å². The standard InChI is InChI=1S/C18H18N2O5S2/c1-11(12-3-6-15-16(9-12)25-8-7-24-15)19-27(22,23)13-4-5-14-17(10-13)26-18(21)20(14)2/h3-6,9-11,19H,7-8H2,1-2H3. The monoisotopic (exact) mass is 406 g/mol. The molecule has 0 saturated heterocycles. The molecule has 1 unspecified atom stereocenters. The van der Waals surface area contributed by atoms with Gasteiger partial charge in [0.1, 0.15) is 13.2 Å². The highest BCUT2D eigenvalue weighted by molar-refractivity contribution is 7.89. The average molecular weight is 406 g/mol. The lowest BCUT2D eigenvalue weighted by Gasteiger charge is -2.21. The van der Waals surface area contributed by atoms with Gasteiger partial charge in [0.05, 0.1) is 15.1 Å². The van der Waals surface area contributed by atoms with Crippen LogP contribution in [-0.2, 0) is 17.1 Å². The quantitative estimate of drug-likeness (QED) is 0.719. The first-order valence-corrected chi connectivity index (χ1v) is 10.7. The predicted octanol–water partition coefficient (Wildman–Crippen LogP) is 2.41. The van der Waals surface area contributed by atoms with Gasteiger partial charge in [0.25, 0.3) is 0 Å². The fourth-order valence-corrected chi connectivity index (χ4v) is 5.23. The van der Waals surface area contributed by atoms with Crippen molar-refractivity contribution in [3.8, 4) is 11.5 Å². The van der Waals surface area contributed by atoms with E-state index in [1.165, 1.54) is 16.7 Å².